The molecule has 1 rings (SSSR count). The standard InChI is InChI=1S/C16H25FN2O2/c1-5-14(12-7-6-8-13(17)11-12)18-9-10-19-15(20)21-16(2,3)4/h6-8,11,14,18H,5,9-10H2,1-4H3,(H,19,20). The van der Waals surface area contributed by atoms with Gasteiger partial charge < -0.3 is 15.4 Å². The molecule has 118 valence electrons. The van der Waals surface area contributed by atoms with Crippen LogP contribution in [0.3, 0.4) is 0 Å². The van der Waals surface area contributed by atoms with Crippen LogP contribution in [0, 0.1) is 5.82 Å². The average Bonchev–Trinajstić information content (AvgIpc) is 2.36. The summed E-state index contributed by atoms with van der Waals surface area (Å²) in [5, 5.41) is 5.98. The Morgan fingerprint density at radius 1 is 1.33 bits per heavy atom. The first-order valence-electron chi connectivity index (χ1n) is 7.27. The number of alkyl carbamates (subject to hydrolysis) is 1. The predicted molar refractivity (Wildman–Crippen MR) is 81.7 cm³/mol. The number of hydrogen-bond acceptors (Lipinski definition) is 3. The molecule has 0 saturated carbocycles. The quantitative estimate of drug-likeness (QED) is 0.791. The largest absolute Gasteiger partial charge is 0.444 e. The van der Waals surface area contributed by atoms with Gasteiger partial charge in [-0.3, -0.25) is 0 Å². The minimum atomic E-state index is -0.495. The molecule has 1 aromatic carbocycles. The van der Waals surface area contributed by atoms with Crippen LogP contribution < -0.4 is 10.6 Å². The average molecular weight is 296 g/mol. The fraction of sp³-hybridized carbons (Fsp3) is 0.562. The van der Waals surface area contributed by atoms with Crippen molar-refractivity contribution in [2.45, 2.75) is 45.8 Å². The van der Waals surface area contributed by atoms with Gasteiger partial charge >= 0.3 is 6.09 Å². The van der Waals surface area contributed by atoms with Gasteiger partial charge in [-0.15, -0.1) is 0 Å². The molecule has 1 atom stereocenters. The minimum absolute atomic E-state index is 0.0705. The number of halogens is 1. The summed E-state index contributed by atoms with van der Waals surface area (Å²) in [7, 11) is 0. The van der Waals surface area contributed by atoms with E-state index in [4.69, 9.17) is 4.74 Å². The summed E-state index contributed by atoms with van der Waals surface area (Å²) in [6.07, 6.45) is 0.415. The summed E-state index contributed by atoms with van der Waals surface area (Å²) in [4.78, 5) is 11.5. The second-order valence-electron chi connectivity index (χ2n) is 5.90. The zero-order chi connectivity index (χ0) is 15.9. The molecular formula is C16H25FN2O2. The van der Waals surface area contributed by atoms with E-state index in [1.54, 1.807) is 6.07 Å². The highest BCUT2D eigenvalue weighted by Gasteiger charge is 2.15. The summed E-state index contributed by atoms with van der Waals surface area (Å²) in [5.41, 5.74) is 0.417. The van der Waals surface area contributed by atoms with E-state index in [9.17, 15) is 9.18 Å². The van der Waals surface area contributed by atoms with Gasteiger partial charge in [0.1, 0.15) is 11.4 Å². The van der Waals surface area contributed by atoms with Crippen LogP contribution in [0.5, 0.6) is 0 Å². The van der Waals surface area contributed by atoms with Gasteiger partial charge in [0.05, 0.1) is 0 Å². The third kappa shape index (κ3) is 7.09. The second kappa shape index (κ2) is 7.98. The van der Waals surface area contributed by atoms with Crippen LogP contribution in [-0.4, -0.2) is 24.8 Å². The van der Waals surface area contributed by atoms with Crippen LogP contribution in [0.2, 0.25) is 0 Å². The number of nitrogens with one attached hydrogen (secondary N) is 2. The Balaban J connectivity index is 2.35. The highest BCUT2D eigenvalue weighted by Crippen LogP contribution is 2.16. The zero-order valence-corrected chi connectivity index (χ0v) is 13.2. The van der Waals surface area contributed by atoms with Crippen molar-refractivity contribution in [1.29, 1.82) is 0 Å². The molecule has 4 nitrogen and oxygen atoms in total. The van der Waals surface area contributed by atoms with Gasteiger partial charge in [-0.1, -0.05) is 19.1 Å². The Morgan fingerprint density at radius 2 is 2.05 bits per heavy atom. The van der Waals surface area contributed by atoms with E-state index in [1.807, 2.05) is 33.8 Å². The van der Waals surface area contributed by atoms with Gasteiger partial charge in [0, 0.05) is 19.1 Å². The van der Waals surface area contributed by atoms with Crippen molar-refractivity contribution in [1.82, 2.24) is 10.6 Å². The van der Waals surface area contributed by atoms with Gasteiger partial charge in [0.15, 0.2) is 0 Å². The Morgan fingerprint density at radius 3 is 2.62 bits per heavy atom. The number of carbonyl (C=O) groups excluding carboxylic acids is 1. The maximum Gasteiger partial charge on any atom is 0.407 e. The van der Waals surface area contributed by atoms with E-state index in [0.29, 0.717) is 13.1 Å². The molecule has 0 heterocycles. The summed E-state index contributed by atoms with van der Waals surface area (Å²) in [6, 6.07) is 6.63. The van der Waals surface area contributed by atoms with Crippen molar-refractivity contribution in [2.24, 2.45) is 0 Å². The van der Waals surface area contributed by atoms with Crippen molar-refractivity contribution >= 4 is 6.09 Å². The normalized spacial score (nSPS) is 12.8. The zero-order valence-electron chi connectivity index (χ0n) is 13.2. The number of carbonyl (C=O) groups is 1. The molecular weight excluding hydrogens is 271 g/mol. The van der Waals surface area contributed by atoms with Gasteiger partial charge in [-0.2, -0.15) is 0 Å². The smallest absolute Gasteiger partial charge is 0.407 e. The molecule has 0 fully saturated rings. The minimum Gasteiger partial charge on any atom is -0.444 e. The van der Waals surface area contributed by atoms with Gasteiger partial charge in [-0.25, -0.2) is 9.18 Å². The van der Waals surface area contributed by atoms with E-state index in [-0.39, 0.29) is 11.9 Å². The topological polar surface area (TPSA) is 50.4 Å². The lowest BCUT2D eigenvalue weighted by molar-refractivity contribution is 0.0528. The Labute approximate surface area is 126 Å². The summed E-state index contributed by atoms with van der Waals surface area (Å²) in [5.74, 6) is -0.236. The SMILES string of the molecule is CCC(NCCNC(=O)OC(C)(C)C)c1cccc(F)c1. The molecule has 0 aliphatic carbocycles. The van der Waals surface area contributed by atoms with Crippen LogP contribution in [0.1, 0.15) is 45.7 Å². The first-order chi connectivity index (χ1) is 9.81. The van der Waals surface area contributed by atoms with Crippen molar-refractivity contribution in [3.05, 3.63) is 35.6 Å². The number of ether oxygens (including phenoxy) is 1. The van der Waals surface area contributed by atoms with E-state index >= 15 is 0 Å². The van der Waals surface area contributed by atoms with Crippen LogP contribution in [0.25, 0.3) is 0 Å². The highest BCUT2D eigenvalue weighted by atomic mass is 19.1. The monoisotopic (exact) mass is 296 g/mol. The first kappa shape index (κ1) is 17.4. The van der Waals surface area contributed by atoms with Gasteiger partial charge in [0.25, 0.3) is 0 Å². The number of amides is 1. The predicted octanol–water partition coefficient (Wildman–Crippen LogP) is 3.39. The van der Waals surface area contributed by atoms with E-state index in [0.717, 1.165) is 12.0 Å². The first-order valence-corrected chi connectivity index (χ1v) is 7.27. The number of rotatable bonds is 6. The van der Waals surface area contributed by atoms with Crippen LogP contribution >= 0.6 is 0 Å². The van der Waals surface area contributed by atoms with Crippen molar-refractivity contribution in [3.8, 4) is 0 Å². The summed E-state index contributed by atoms with van der Waals surface area (Å²) < 4.78 is 18.4. The third-order valence-electron chi connectivity index (χ3n) is 2.84. The Hall–Kier alpha value is -1.62. The maximum atomic E-state index is 13.2. The van der Waals surface area contributed by atoms with Crippen LogP contribution in [0.4, 0.5) is 9.18 Å². The van der Waals surface area contributed by atoms with Crippen molar-refractivity contribution < 1.29 is 13.9 Å². The molecule has 0 saturated heterocycles. The molecule has 5 heteroatoms. The molecule has 0 aliphatic heterocycles. The number of hydrogen-bond donors (Lipinski definition) is 2. The summed E-state index contributed by atoms with van der Waals surface area (Å²) >= 11 is 0. The summed E-state index contributed by atoms with van der Waals surface area (Å²) in [6.45, 7) is 8.55. The van der Waals surface area contributed by atoms with Crippen LogP contribution in [0.15, 0.2) is 24.3 Å². The third-order valence-corrected chi connectivity index (χ3v) is 2.84. The lowest BCUT2D eigenvalue weighted by atomic mass is 10.0. The fourth-order valence-electron chi connectivity index (χ4n) is 1.95. The van der Waals surface area contributed by atoms with Gasteiger partial charge in [-0.05, 0) is 44.9 Å². The molecule has 1 amide bonds. The van der Waals surface area contributed by atoms with E-state index in [1.165, 1.54) is 12.1 Å². The Bertz CT molecular complexity index is 458. The molecule has 1 aromatic rings. The molecule has 0 bridgehead atoms. The molecule has 0 spiro atoms. The lowest BCUT2D eigenvalue weighted by Gasteiger charge is -2.21. The van der Waals surface area contributed by atoms with Crippen molar-refractivity contribution in [3.63, 3.8) is 0 Å². The lowest BCUT2D eigenvalue weighted by Crippen LogP contribution is -2.37. The molecule has 0 aliphatic rings. The van der Waals surface area contributed by atoms with Gasteiger partial charge in [0.2, 0.25) is 0 Å². The molecule has 2 N–H and O–H groups in total. The number of benzene rings is 1. The van der Waals surface area contributed by atoms with Crippen molar-refractivity contribution in [2.75, 3.05) is 13.1 Å². The molecule has 0 radical (unpaired) electrons. The maximum absolute atomic E-state index is 13.2. The molecule has 0 aromatic heterocycles. The highest BCUT2D eigenvalue weighted by molar-refractivity contribution is 5.67. The molecule has 1 unspecified atom stereocenters. The fourth-order valence-corrected chi connectivity index (χ4v) is 1.95. The van der Waals surface area contributed by atoms with E-state index < -0.39 is 11.7 Å². The second-order valence-corrected chi connectivity index (χ2v) is 5.90. The Kier molecular flexibility index (Phi) is 6.62. The molecule has 21 heavy (non-hydrogen) atoms. The van der Waals surface area contributed by atoms with Crippen LogP contribution in [-0.2, 0) is 4.74 Å². The van der Waals surface area contributed by atoms with E-state index in [2.05, 4.69) is 10.6 Å².